The lowest BCUT2D eigenvalue weighted by Crippen LogP contribution is -2.43. The first kappa shape index (κ1) is 24.7. The zero-order valence-electron chi connectivity index (χ0n) is 20.3. The van der Waals surface area contributed by atoms with Gasteiger partial charge in [-0.05, 0) is 80.3 Å². The minimum absolute atomic E-state index is 0.268. The standard InChI is InChI=1S/C27H48OSi/c1-9-11-13-14-23(28-29(7,8)27(4,5)6)18-16-22-17-19-25-24(15-12-10-2)21(3)20-26(22)25/h10,16,18,22-26H,2-3,9,11-15,17,19-20H2,1,4-8H3/t22-,23+,24-,25-,26+/m1/s1. The van der Waals surface area contributed by atoms with E-state index in [9.17, 15) is 0 Å². The van der Waals surface area contributed by atoms with Crippen LogP contribution in [0.25, 0.3) is 0 Å². The Balaban J connectivity index is 2.04. The molecular formula is C27H48OSi. The minimum atomic E-state index is -1.74. The summed E-state index contributed by atoms with van der Waals surface area (Å²) in [5.74, 6) is 3.14. The zero-order valence-corrected chi connectivity index (χ0v) is 21.3. The van der Waals surface area contributed by atoms with Crippen molar-refractivity contribution in [2.75, 3.05) is 0 Å². The fourth-order valence-corrected chi connectivity index (χ4v) is 6.56. The molecule has 0 unspecified atom stereocenters. The van der Waals surface area contributed by atoms with Crippen molar-refractivity contribution in [3.8, 4) is 0 Å². The third-order valence-electron chi connectivity index (χ3n) is 8.07. The third kappa shape index (κ3) is 6.44. The van der Waals surface area contributed by atoms with E-state index in [1.165, 1.54) is 56.9 Å². The van der Waals surface area contributed by atoms with Crippen LogP contribution in [0.1, 0.15) is 85.5 Å². The van der Waals surface area contributed by atoms with Gasteiger partial charge in [-0.1, -0.05) is 77.3 Å². The highest BCUT2D eigenvalue weighted by Gasteiger charge is 2.45. The van der Waals surface area contributed by atoms with Gasteiger partial charge in [-0.2, -0.15) is 0 Å². The van der Waals surface area contributed by atoms with Gasteiger partial charge in [0, 0.05) is 0 Å². The van der Waals surface area contributed by atoms with Crippen LogP contribution in [0.15, 0.2) is 37.0 Å². The summed E-state index contributed by atoms with van der Waals surface area (Å²) in [5, 5.41) is 0.268. The summed E-state index contributed by atoms with van der Waals surface area (Å²) >= 11 is 0. The lowest BCUT2D eigenvalue weighted by molar-refractivity contribution is 0.210. The first-order valence-corrected chi connectivity index (χ1v) is 15.2. The molecule has 2 aliphatic carbocycles. The van der Waals surface area contributed by atoms with Gasteiger partial charge >= 0.3 is 0 Å². The molecule has 0 amide bonds. The molecule has 2 heteroatoms. The molecule has 0 spiro atoms. The Morgan fingerprint density at radius 1 is 1.17 bits per heavy atom. The zero-order chi connectivity index (χ0) is 21.7. The van der Waals surface area contributed by atoms with Crippen LogP contribution < -0.4 is 0 Å². The first-order chi connectivity index (χ1) is 13.6. The van der Waals surface area contributed by atoms with Gasteiger partial charge in [0.1, 0.15) is 0 Å². The summed E-state index contributed by atoms with van der Waals surface area (Å²) in [6.45, 7) is 22.5. The Labute approximate surface area is 183 Å². The predicted octanol–water partition coefficient (Wildman–Crippen LogP) is 8.70. The van der Waals surface area contributed by atoms with Gasteiger partial charge in [0.25, 0.3) is 0 Å². The molecule has 0 heterocycles. The van der Waals surface area contributed by atoms with Crippen molar-refractivity contribution in [3.63, 3.8) is 0 Å². The van der Waals surface area contributed by atoms with Crippen molar-refractivity contribution >= 4 is 8.32 Å². The van der Waals surface area contributed by atoms with Crippen molar-refractivity contribution in [2.45, 2.75) is 110 Å². The molecular weight excluding hydrogens is 368 g/mol. The summed E-state index contributed by atoms with van der Waals surface area (Å²) in [6.07, 6.45) is 18.8. The minimum Gasteiger partial charge on any atom is -0.411 e. The molecule has 2 fully saturated rings. The maximum Gasteiger partial charge on any atom is 0.192 e. The maximum atomic E-state index is 6.84. The van der Waals surface area contributed by atoms with Crippen LogP contribution in [-0.4, -0.2) is 14.4 Å². The van der Waals surface area contributed by atoms with Gasteiger partial charge < -0.3 is 4.43 Å². The fourth-order valence-electron chi connectivity index (χ4n) is 5.26. The van der Waals surface area contributed by atoms with E-state index in [0.717, 1.165) is 30.1 Å². The number of rotatable bonds is 11. The van der Waals surface area contributed by atoms with Crippen LogP contribution in [0.2, 0.25) is 18.1 Å². The molecule has 2 aliphatic rings. The summed E-state index contributed by atoms with van der Waals surface area (Å²) < 4.78 is 6.84. The van der Waals surface area contributed by atoms with E-state index in [-0.39, 0.29) is 5.04 Å². The van der Waals surface area contributed by atoms with Crippen molar-refractivity contribution in [3.05, 3.63) is 37.0 Å². The molecule has 0 aliphatic heterocycles. The molecule has 0 aromatic heterocycles. The second-order valence-electron chi connectivity index (χ2n) is 11.2. The van der Waals surface area contributed by atoms with Crippen molar-refractivity contribution < 1.29 is 4.43 Å². The lowest BCUT2D eigenvalue weighted by Gasteiger charge is -2.38. The molecule has 1 nitrogen and oxygen atoms in total. The largest absolute Gasteiger partial charge is 0.411 e. The Kier molecular flexibility index (Phi) is 9.03. The van der Waals surface area contributed by atoms with E-state index in [4.69, 9.17) is 4.43 Å². The van der Waals surface area contributed by atoms with E-state index in [2.05, 4.69) is 72.2 Å². The second kappa shape index (κ2) is 10.6. The Hall–Kier alpha value is -0.603. The molecule has 0 aromatic rings. The maximum absolute atomic E-state index is 6.84. The molecule has 0 bridgehead atoms. The number of unbranched alkanes of at least 4 members (excludes halogenated alkanes) is 2. The normalized spacial score (nSPS) is 28.8. The second-order valence-corrected chi connectivity index (χ2v) is 16.0. The van der Waals surface area contributed by atoms with Gasteiger partial charge in [-0.15, -0.1) is 6.58 Å². The van der Waals surface area contributed by atoms with E-state index in [1.54, 1.807) is 0 Å². The summed E-state index contributed by atoms with van der Waals surface area (Å²) in [6, 6.07) is 0. The lowest BCUT2D eigenvalue weighted by atomic mass is 9.86. The topological polar surface area (TPSA) is 9.23 Å². The highest BCUT2D eigenvalue weighted by Crippen LogP contribution is 2.54. The fraction of sp³-hybridized carbons (Fsp3) is 0.778. The van der Waals surface area contributed by atoms with Crippen LogP contribution in [0, 0.1) is 23.7 Å². The van der Waals surface area contributed by atoms with E-state index in [0.29, 0.717) is 6.10 Å². The monoisotopic (exact) mass is 416 g/mol. The highest BCUT2D eigenvalue weighted by atomic mass is 28.4. The van der Waals surface area contributed by atoms with Gasteiger partial charge in [-0.3, -0.25) is 0 Å². The van der Waals surface area contributed by atoms with E-state index in [1.807, 2.05) is 0 Å². The van der Waals surface area contributed by atoms with E-state index < -0.39 is 8.32 Å². The number of allylic oxidation sites excluding steroid dienone is 3. The molecule has 5 atom stereocenters. The van der Waals surface area contributed by atoms with Crippen molar-refractivity contribution in [1.82, 2.24) is 0 Å². The van der Waals surface area contributed by atoms with Crippen LogP contribution in [0.4, 0.5) is 0 Å². The third-order valence-corrected chi connectivity index (χ3v) is 12.6. The summed E-state index contributed by atoms with van der Waals surface area (Å²) in [4.78, 5) is 0. The van der Waals surface area contributed by atoms with Crippen LogP contribution in [0.5, 0.6) is 0 Å². The van der Waals surface area contributed by atoms with Gasteiger partial charge in [0.2, 0.25) is 0 Å². The molecule has 0 N–H and O–H groups in total. The molecule has 29 heavy (non-hydrogen) atoms. The molecule has 0 aromatic carbocycles. The van der Waals surface area contributed by atoms with Crippen molar-refractivity contribution in [2.24, 2.45) is 23.7 Å². The summed E-state index contributed by atoms with van der Waals surface area (Å²) in [7, 11) is -1.74. The SMILES string of the molecule is C=CCC[C@@H]1C(=C)C[C@@H]2[C@@H]1CC[C@H]2C=C[C@H](CCCCC)O[Si](C)(C)C(C)(C)C. The van der Waals surface area contributed by atoms with Crippen LogP contribution >= 0.6 is 0 Å². The van der Waals surface area contributed by atoms with Crippen molar-refractivity contribution in [1.29, 1.82) is 0 Å². The van der Waals surface area contributed by atoms with Crippen LogP contribution in [-0.2, 0) is 4.43 Å². The first-order valence-electron chi connectivity index (χ1n) is 12.3. The number of hydrogen-bond acceptors (Lipinski definition) is 1. The van der Waals surface area contributed by atoms with Gasteiger partial charge in [0.05, 0.1) is 6.10 Å². The number of fused-ring (bicyclic) bond motifs is 1. The number of hydrogen-bond donors (Lipinski definition) is 0. The highest BCUT2D eigenvalue weighted by molar-refractivity contribution is 6.74. The summed E-state index contributed by atoms with van der Waals surface area (Å²) in [5.41, 5.74) is 1.51. The average molecular weight is 417 g/mol. The van der Waals surface area contributed by atoms with Crippen LogP contribution in [0.3, 0.4) is 0 Å². The molecule has 2 saturated carbocycles. The molecule has 0 radical (unpaired) electrons. The predicted molar refractivity (Wildman–Crippen MR) is 132 cm³/mol. The van der Waals surface area contributed by atoms with Gasteiger partial charge in [0.15, 0.2) is 8.32 Å². The van der Waals surface area contributed by atoms with Gasteiger partial charge in [-0.25, -0.2) is 0 Å². The quantitative estimate of drug-likeness (QED) is 0.186. The molecule has 2 rings (SSSR count). The smallest absolute Gasteiger partial charge is 0.192 e. The Morgan fingerprint density at radius 3 is 2.52 bits per heavy atom. The molecule has 0 saturated heterocycles. The van der Waals surface area contributed by atoms with E-state index >= 15 is 0 Å². The Morgan fingerprint density at radius 2 is 1.90 bits per heavy atom. The molecule has 166 valence electrons. The Bertz CT molecular complexity index is 568. The average Bonchev–Trinajstić information content (AvgIpc) is 3.15.